The lowest BCUT2D eigenvalue weighted by molar-refractivity contribution is 0.500. The number of hydrogen-bond donors (Lipinski definition) is 1. The van der Waals surface area contributed by atoms with Crippen LogP contribution in [0, 0.1) is 5.92 Å². The van der Waals surface area contributed by atoms with Crippen molar-refractivity contribution in [2.24, 2.45) is 13.0 Å². The highest BCUT2D eigenvalue weighted by molar-refractivity contribution is 7.89. The predicted molar refractivity (Wildman–Crippen MR) is 88.7 cm³/mol. The fourth-order valence-corrected chi connectivity index (χ4v) is 4.10. The second kappa shape index (κ2) is 6.08. The number of rotatable bonds is 6. The molecule has 25 heavy (non-hydrogen) atoms. The van der Waals surface area contributed by atoms with Crippen LogP contribution in [0.2, 0.25) is 0 Å². The van der Waals surface area contributed by atoms with Gasteiger partial charge in [0.05, 0.1) is 10.9 Å². The molecule has 1 aliphatic rings. The number of aromatic nitrogens is 4. The third-order valence-electron chi connectivity index (χ3n) is 4.26. The zero-order valence-electron chi connectivity index (χ0n) is 13.5. The molecule has 2 heterocycles. The van der Waals surface area contributed by atoms with Crippen LogP contribution >= 0.6 is 0 Å². The molecule has 0 radical (unpaired) electrons. The Bertz CT molecular complexity index is 977. The smallest absolute Gasteiger partial charge is 0.247 e. The van der Waals surface area contributed by atoms with Crippen LogP contribution in [-0.4, -0.2) is 28.2 Å². The summed E-state index contributed by atoms with van der Waals surface area (Å²) >= 11 is 0. The Morgan fingerprint density at radius 3 is 2.84 bits per heavy atom. The van der Waals surface area contributed by atoms with Crippen molar-refractivity contribution in [3.05, 3.63) is 48.9 Å². The zero-order chi connectivity index (χ0) is 17.4. The summed E-state index contributed by atoms with van der Waals surface area (Å²) in [6.07, 6.45) is 6.67. The van der Waals surface area contributed by atoms with Gasteiger partial charge in [-0.05, 0) is 37.0 Å². The van der Waals surface area contributed by atoms with Crippen LogP contribution in [-0.2, 0) is 17.1 Å². The molecule has 1 saturated carbocycles. The Labute approximate surface area is 145 Å². The number of nitrogens with one attached hydrogen (secondary N) is 1. The van der Waals surface area contributed by atoms with Crippen LogP contribution in [0.1, 0.15) is 24.7 Å². The molecule has 1 N–H and O–H groups in total. The van der Waals surface area contributed by atoms with Gasteiger partial charge >= 0.3 is 0 Å². The molecule has 4 rings (SSSR count). The van der Waals surface area contributed by atoms with Crippen molar-refractivity contribution >= 4 is 10.0 Å². The molecule has 1 unspecified atom stereocenters. The third kappa shape index (κ3) is 3.20. The molecule has 1 fully saturated rings. The molecule has 0 bridgehead atoms. The quantitative estimate of drug-likeness (QED) is 0.721. The summed E-state index contributed by atoms with van der Waals surface area (Å²) in [6.45, 7) is 0. The topological polar surface area (TPSA) is 103 Å². The number of nitrogens with zero attached hydrogens (tertiary/aromatic N) is 4. The summed E-state index contributed by atoms with van der Waals surface area (Å²) in [4.78, 5) is 4.47. The van der Waals surface area contributed by atoms with E-state index in [4.69, 9.17) is 4.42 Å². The molecule has 8 nitrogen and oxygen atoms in total. The predicted octanol–water partition coefficient (Wildman–Crippen LogP) is 1.90. The van der Waals surface area contributed by atoms with Gasteiger partial charge in [-0.25, -0.2) is 18.1 Å². The molecule has 1 aromatic carbocycles. The van der Waals surface area contributed by atoms with Gasteiger partial charge in [0.2, 0.25) is 22.3 Å². The highest BCUT2D eigenvalue weighted by atomic mass is 32.2. The lowest BCUT2D eigenvalue weighted by Gasteiger charge is -2.18. The second-order valence-electron chi connectivity index (χ2n) is 6.10. The molecule has 9 heteroatoms. The fraction of sp³-hybridized carbons (Fsp3) is 0.312. The van der Waals surface area contributed by atoms with E-state index in [-0.39, 0.29) is 22.7 Å². The van der Waals surface area contributed by atoms with Gasteiger partial charge in [-0.3, -0.25) is 0 Å². The van der Waals surface area contributed by atoms with Crippen molar-refractivity contribution in [1.82, 2.24) is 24.5 Å². The third-order valence-corrected chi connectivity index (χ3v) is 5.70. The minimum absolute atomic E-state index is 0.156. The van der Waals surface area contributed by atoms with Crippen LogP contribution in [0.4, 0.5) is 0 Å². The Hall–Kier alpha value is -2.52. The van der Waals surface area contributed by atoms with Crippen molar-refractivity contribution in [1.29, 1.82) is 0 Å². The number of sulfonamides is 1. The molecule has 0 amide bonds. The number of imidazole rings is 1. The zero-order valence-corrected chi connectivity index (χ0v) is 14.3. The first-order valence-electron chi connectivity index (χ1n) is 7.91. The minimum atomic E-state index is -3.71. The average molecular weight is 359 g/mol. The highest BCUT2D eigenvalue weighted by Crippen LogP contribution is 2.41. The molecule has 130 valence electrons. The summed E-state index contributed by atoms with van der Waals surface area (Å²) < 4.78 is 35.6. The van der Waals surface area contributed by atoms with E-state index < -0.39 is 10.0 Å². The number of aryl methyl sites for hydroxylation is 1. The Kier molecular flexibility index (Phi) is 3.89. The van der Waals surface area contributed by atoms with E-state index >= 15 is 0 Å². The first kappa shape index (κ1) is 16.0. The van der Waals surface area contributed by atoms with E-state index in [1.165, 1.54) is 12.5 Å². The number of benzene rings is 1. The van der Waals surface area contributed by atoms with Gasteiger partial charge in [-0.1, -0.05) is 6.07 Å². The molecular formula is C16H17N5O3S. The van der Waals surface area contributed by atoms with E-state index in [1.807, 2.05) is 17.8 Å². The van der Waals surface area contributed by atoms with E-state index in [9.17, 15) is 8.42 Å². The molecule has 1 atom stereocenters. The van der Waals surface area contributed by atoms with Gasteiger partial charge < -0.3 is 8.98 Å². The summed E-state index contributed by atoms with van der Waals surface area (Å²) in [5.41, 5.74) is 0.556. The maximum absolute atomic E-state index is 12.9. The van der Waals surface area contributed by atoms with Crippen LogP contribution in [0.3, 0.4) is 0 Å². The van der Waals surface area contributed by atoms with Crippen molar-refractivity contribution in [3.63, 3.8) is 0 Å². The SMILES string of the molecule is Cn1ccnc1C(NS(=O)(=O)c1cccc(-c2nnco2)c1)C1CC1. The van der Waals surface area contributed by atoms with Crippen LogP contribution in [0.5, 0.6) is 0 Å². The Morgan fingerprint density at radius 1 is 1.36 bits per heavy atom. The standard InChI is InChI=1S/C16H17N5O3S/c1-21-8-7-17-15(21)14(11-5-6-11)20-25(22,23)13-4-2-3-12(9-13)16-19-18-10-24-16/h2-4,7-11,14,20H,5-6H2,1H3. The second-order valence-corrected chi connectivity index (χ2v) is 7.82. The fourth-order valence-electron chi connectivity index (χ4n) is 2.80. The molecule has 0 spiro atoms. The maximum atomic E-state index is 12.9. The molecule has 2 aromatic heterocycles. The molecular weight excluding hydrogens is 342 g/mol. The lowest BCUT2D eigenvalue weighted by atomic mass is 10.2. The monoisotopic (exact) mass is 359 g/mol. The number of hydrogen-bond acceptors (Lipinski definition) is 6. The molecule has 0 saturated heterocycles. The average Bonchev–Trinajstić information content (AvgIpc) is 3.12. The lowest BCUT2D eigenvalue weighted by Crippen LogP contribution is -2.31. The van der Waals surface area contributed by atoms with Gasteiger partial charge in [-0.2, -0.15) is 0 Å². The largest absolute Gasteiger partial charge is 0.423 e. The normalized spacial score (nSPS) is 16.0. The van der Waals surface area contributed by atoms with Crippen molar-refractivity contribution < 1.29 is 12.8 Å². The summed E-state index contributed by atoms with van der Waals surface area (Å²) in [6, 6.07) is 6.12. The van der Waals surface area contributed by atoms with Gasteiger partial charge in [-0.15, -0.1) is 10.2 Å². The summed E-state index contributed by atoms with van der Waals surface area (Å²) in [5, 5.41) is 7.44. The minimum Gasteiger partial charge on any atom is -0.423 e. The van der Waals surface area contributed by atoms with Gasteiger partial charge in [0.15, 0.2) is 0 Å². The van der Waals surface area contributed by atoms with Crippen LogP contribution < -0.4 is 4.72 Å². The van der Waals surface area contributed by atoms with Crippen molar-refractivity contribution in [3.8, 4) is 11.5 Å². The van der Waals surface area contributed by atoms with E-state index in [0.717, 1.165) is 18.7 Å². The first-order chi connectivity index (χ1) is 12.0. The van der Waals surface area contributed by atoms with Crippen molar-refractivity contribution in [2.75, 3.05) is 0 Å². The van der Waals surface area contributed by atoms with Gasteiger partial charge in [0.1, 0.15) is 5.82 Å². The Balaban J connectivity index is 1.65. The molecule has 1 aliphatic carbocycles. The maximum Gasteiger partial charge on any atom is 0.247 e. The van der Waals surface area contributed by atoms with Gasteiger partial charge in [0, 0.05) is 25.0 Å². The van der Waals surface area contributed by atoms with Crippen molar-refractivity contribution in [2.45, 2.75) is 23.8 Å². The van der Waals surface area contributed by atoms with E-state index in [1.54, 1.807) is 24.4 Å². The van der Waals surface area contributed by atoms with Gasteiger partial charge in [0.25, 0.3) is 0 Å². The van der Waals surface area contributed by atoms with Crippen LogP contribution in [0.15, 0.2) is 52.4 Å². The first-order valence-corrected chi connectivity index (χ1v) is 9.39. The van der Waals surface area contributed by atoms with Crippen LogP contribution in [0.25, 0.3) is 11.5 Å². The van der Waals surface area contributed by atoms with E-state index in [0.29, 0.717) is 5.56 Å². The highest BCUT2D eigenvalue weighted by Gasteiger charge is 2.37. The Morgan fingerprint density at radius 2 is 2.20 bits per heavy atom. The summed E-state index contributed by atoms with van der Waals surface area (Å²) in [5.74, 6) is 1.27. The summed E-state index contributed by atoms with van der Waals surface area (Å²) in [7, 11) is -1.85. The molecule has 3 aromatic rings. The molecule has 0 aliphatic heterocycles. The van der Waals surface area contributed by atoms with E-state index in [2.05, 4.69) is 19.9 Å².